The first-order valence-corrected chi connectivity index (χ1v) is 8.86. The molecule has 0 spiro atoms. The number of carbonyl (C=O) groups is 2. The van der Waals surface area contributed by atoms with Crippen molar-refractivity contribution in [3.05, 3.63) is 35.4 Å². The lowest BCUT2D eigenvalue weighted by molar-refractivity contribution is -0.134. The van der Waals surface area contributed by atoms with E-state index in [0.717, 1.165) is 31.2 Å². The molecule has 1 aromatic rings. The number of carbonyl (C=O) groups excluding carboxylic acids is 2. The van der Waals surface area contributed by atoms with Crippen molar-refractivity contribution in [3.8, 4) is 6.07 Å². The summed E-state index contributed by atoms with van der Waals surface area (Å²) in [5.41, 5.74) is 0.977. The Bertz CT molecular complexity index is 749. The van der Waals surface area contributed by atoms with Crippen LogP contribution in [0.15, 0.2) is 24.3 Å². The Labute approximate surface area is 147 Å². The van der Waals surface area contributed by atoms with Crippen molar-refractivity contribution in [2.24, 2.45) is 11.8 Å². The van der Waals surface area contributed by atoms with E-state index in [9.17, 15) is 9.59 Å². The summed E-state index contributed by atoms with van der Waals surface area (Å²) in [5.74, 6) is 0.596. The number of rotatable bonds is 6. The molecule has 1 saturated heterocycles. The molecule has 0 atom stereocenters. The van der Waals surface area contributed by atoms with E-state index in [0.29, 0.717) is 23.9 Å². The van der Waals surface area contributed by atoms with Crippen LogP contribution in [0.5, 0.6) is 0 Å². The fourth-order valence-electron chi connectivity index (χ4n) is 4.05. The van der Waals surface area contributed by atoms with Crippen LogP contribution < -0.4 is 5.32 Å². The summed E-state index contributed by atoms with van der Waals surface area (Å²) in [6.45, 7) is 0.842. The lowest BCUT2D eigenvalue weighted by Gasteiger charge is -2.27. The molecule has 4 rings (SSSR count). The molecule has 1 aliphatic heterocycles. The lowest BCUT2D eigenvalue weighted by Crippen LogP contribution is -2.51. The van der Waals surface area contributed by atoms with Crippen molar-refractivity contribution in [3.63, 3.8) is 0 Å². The maximum atomic E-state index is 13.1. The van der Waals surface area contributed by atoms with Gasteiger partial charge in [0, 0.05) is 6.54 Å². The van der Waals surface area contributed by atoms with E-state index >= 15 is 0 Å². The first-order valence-electron chi connectivity index (χ1n) is 8.86. The first-order chi connectivity index (χ1) is 12.0. The van der Waals surface area contributed by atoms with Crippen molar-refractivity contribution in [1.29, 1.82) is 5.26 Å². The van der Waals surface area contributed by atoms with Gasteiger partial charge in [0.1, 0.15) is 5.54 Å². The molecule has 1 aromatic carbocycles. The molecule has 2 saturated carbocycles. The second-order valence-corrected chi connectivity index (χ2v) is 7.55. The highest BCUT2D eigenvalue weighted by Crippen LogP contribution is 2.54. The zero-order chi connectivity index (χ0) is 17.6. The highest BCUT2D eigenvalue weighted by Gasteiger charge is 2.65. The van der Waals surface area contributed by atoms with E-state index in [1.54, 1.807) is 6.07 Å². The van der Waals surface area contributed by atoms with Crippen LogP contribution in [0.25, 0.3) is 0 Å². The second-order valence-electron chi connectivity index (χ2n) is 7.55. The maximum Gasteiger partial charge on any atom is 0.326 e. The fourth-order valence-corrected chi connectivity index (χ4v) is 4.05. The predicted octanol–water partition coefficient (Wildman–Crippen LogP) is 2.06. The molecule has 1 heterocycles. The Kier molecular flexibility index (Phi) is 3.77. The van der Waals surface area contributed by atoms with Gasteiger partial charge in [-0.25, -0.2) is 9.69 Å². The van der Waals surface area contributed by atoms with Crippen molar-refractivity contribution in [2.75, 3.05) is 13.7 Å². The average molecular weight is 338 g/mol. The number of benzene rings is 1. The highest BCUT2D eigenvalue weighted by atomic mass is 16.2. The van der Waals surface area contributed by atoms with Crippen molar-refractivity contribution in [1.82, 2.24) is 15.1 Å². The van der Waals surface area contributed by atoms with Crippen LogP contribution in [-0.2, 0) is 11.3 Å². The van der Waals surface area contributed by atoms with Gasteiger partial charge in [0.15, 0.2) is 0 Å². The summed E-state index contributed by atoms with van der Waals surface area (Å²) in [4.78, 5) is 28.8. The molecule has 2 aliphatic carbocycles. The van der Waals surface area contributed by atoms with Crippen LogP contribution in [0.3, 0.4) is 0 Å². The number of hydrogen-bond donors (Lipinski definition) is 1. The van der Waals surface area contributed by atoms with Gasteiger partial charge in [0.2, 0.25) is 0 Å². The third-order valence-electron chi connectivity index (χ3n) is 5.49. The number of amides is 3. The smallest absolute Gasteiger partial charge is 0.322 e. The van der Waals surface area contributed by atoms with Gasteiger partial charge in [0.25, 0.3) is 5.91 Å². The van der Waals surface area contributed by atoms with Gasteiger partial charge >= 0.3 is 6.03 Å². The molecule has 0 aromatic heterocycles. The van der Waals surface area contributed by atoms with Gasteiger partial charge < -0.3 is 5.32 Å². The van der Waals surface area contributed by atoms with Crippen LogP contribution in [-0.4, -0.2) is 41.0 Å². The quantitative estimate of drug-likeness (QED) is 0.806. The van der Waals surface area contributed by atoms with Crippen molar-refractivity contribution in [2.45, 2.75) is 37.8 Å². The molecule has 25 heavy (non-hydrogen) atoms. The van der Waals surface area contributed by atoms with Crippen LogP contribution in [0.2, 0.25) is 0 Å². The fraction of sp³-hybridized carbons (Fsp3) is 0.526. The number of hydrogen-bond acceptors (Lipinski definition) is 4. The zero-order valence-corrected chi connectivity index (χ0v) is 14.4. The van der Waals surface area contributed by atoms with Gasteiger partial charge in [-0.2, -0.15) is 5.26 Å². The number of imide groups is 1. The standard InChI is InChI=1S/C19H22N4O2/c1-22(11-14-4-2-3-13(9-14)10-20)12-23-17(24)19(15-5-6-15,16-7-8-16)21-18(23)25/h2-4,9,15-16H,5-8,11-12H2,1H3,(H,21,25). The first kappa shape index (κ1) is 16.1. The molecule has 3 aliphatic rings. The topological polar surface area (TPSA) is 76.4 Å². The Hall–Kier alpha value is -2.39. The lowest BCUT2D eigenvalue weighted by atomic mass is 9.87. The van der Waals surface area contributed by atoms with E-state index in [1.165, 1.54) is 4.90 Å². The summed E-state index contributed by atoms with van der Waals surface area (Å²) in [6, 6.07) is 9.26. The highest BCUT2D eigenvalue weighted by molar-refractivity contribution is 6.07. The van der Waals surface area contributed by atoms with E-state index in [1.807, 2.05) is 30.1 Å². The van der Waals surface area contributed by atoms with Crippen LogP contribution in [0, 0.1) is 23.2 Å². The molecule has 1 N–H and O–H groups in total. The van der Waals surface area contributed by atoms with Crippen LogP contribution in [0.4, 0.5) is 4.79 Å². The Morgan fingerprint density at radius 3 is 2.56 bits per heavy atom. The molecule has 0 unspecified atom stereocenters. The summed E-state index contributed by atoms with van der Waals surface area (Å²) < 4.78 is 0. The van der Waals surface area contributed by atoms with Gasteiger partial charge in [-0.15, -0.1) is 0 Å². The van der Waals surface area contributed by atoms with Crippen molar-refractivity contribution >= 4 is 11.9 Å². The minimum Gasteiger partial charge on any atom is -0.322 e. The number of nitriles is 1. The van der Waals surface area contributed by atoms with E-state index < -0.39 is 5.54 Å². The Morgan fingerprint density at radius 1 is 1.28 bits per heavy atom. The van der Waals surface area contributed by atoms with Gasteiger partial charge in [-0.1, -0.05) is 12.1 Å². The summed E-state index contributed by atoms with van der Waals surface area (Å²) in [5, 5.41) is 12.0. The minimum atomic E-state index is -0.626. The van der Waals surface area contributed by atoms with E-state index in [4.69, 9.17) is 5.26 Å². The number of urea groups is 1. The van der Waals surface area contributed by atoms with Gasteiger partial charge in [-0.3, -0.25) is 9.69 Å². The molecule has 0 bridgehead atoms. The van der Waals surface area contributed by atoms with Gasteiger partial charge in [-0.05, 0) is 62.3 Å². The third kappa shape index (κ3) is 2.79. The second kappa shape index (κ2) is 5.85. The Morgan fingerprint density at radius 2 is 1.96 bits per heavy atom. The number of nitrogens with zero attached hydrogens (tertiary/aromatic N) is 3. The predicted molar refractivity (Wildman–Crippen MR) is 91.0 cm³/mol. The molecular weight excluding hydrogens is 316 g/mol. The van der Waals surface area contributed by atoms with Crippen LogP contribution in [0.1, 0.15) is 36.8 Å². The molecule has 3 amide bonds. The Balaban J connectivity index is 1.46. The summed E-state index contributed by atoms with van der Waals surface area (Å²) >= 11 is 0. The molecule has 6 nitrogen and oxygen atoms in total. The molecule has 0 radical (unpaired) electrons. The number of nitrogens with one attached hydrogen (secondary N) is 1. The average Bonchev–Trinajstić information content (AvgIpc) is 3.48. The monoisotopic (exact) mass is 338 g/mol. The zero-order valence-electron chi connectivity index (χ0n) is 14.4. The largest absolute Gasteiger partial charge is 0.326 e. The molecular formula is C19H22N4O2. The SMILES string of the molecule is CN(Cc1cccc(C#N)c1)CN1C(=O)NC(C2CC2)(C2CC2)C1=O. The molecule has 130 valence electrons. The maximum absolute atomic E-state index is 13.1. The summed E-state index contributed by atoms with van der Waals surface area (Å²) in [6.07, 6.45) is 4.14. The third-order valence-corrected chi connectivity index (χ3v) is 5.49. The van der Waals surface area contributed by atoms with E-state index in [-0.39, 0.29) is 18.6 Å². The van der Waals surface area contributed by atoms with Gasteiger partial charge in [0.05, 0.1) is 18.3 Å². The minimum absolute atomic E-state index is 0.0416. The summed E-state index contributed by atoms with van der Waals surface area (Å²) in [7, 11) is 1.88. The molecule has 3 fully saturated rings. The van der Waals surface area contributed by atoms with Crippen LogP contribution >= 0.6 is 0 Å². The molecule has 6 heteroatoms. The normalized spacial score (nSPS) is 22.2. The van der Waals surface area contributed by atoms with E-state index in [2.05, 4.69) is 11.4 Å². The van der Waals surface area contributed by atoms with Crippen molar-refractivity contribution < 1.29 is 9.59 Å².